The summed E-state index contributed by atoms with van der Waals surface area (Å²) in [5.74, 6) is 0. The van der Waals surface area contributed by atoms with Gasteiger partial charge < -0.3 is 5.53 Å². The summed E-state index contributed by atoms with van der Waals surface area (Å²) >= 11 is 0. The third-order valence-electron chi connectivity index (χ3n) is 1.98. The van der Waals surface area contributed by atoms with Gasteiger partial charge in [0.1, 0.15) is 0 Å². The zero-order valence-corrected chi connectivity index (χ0v) is 7.83. The summed E-state index contributed by atoms with van der Waals surface area (Å²) in [7, 11) is 0. The van der Waals surface area contributed by atoms with Gasteiger partial charge in [-0.05, 0) is 11.0 Å². The standard InChI is InChI=1S/C10H14N2/c1-10(2,3)8-4-6-9(12-11)7-5-8/h4-6H,7H2,1-3H3. The lowest BCUT2D eigenvalue weighted by Gasteiger charge is -2.21. The average molecular weight is 162 g/mol. The molecule has 0 amide bonds. The molecule has 0 aromatic carbocycles. The van der Waals surface area contributed by atoms with Gasteiger partial charge in [0.05, 0.1) is 6.42 Å². The minimum absolute atomic E-state index is 0.192. The summed E-state index contributed by atoms with van der Waals surface area (Å²) in [5.41, 5.74) is 10.7. The molecule has 0 heterocycles. The van der Waals surface area contributed by atoms with Crippen molar-refractivity contribution in [1.82, 2.24) is 0 Å². The van der Waals surface area contributed by atoms with Crippen molar-refractivity contribution >= 4 is 5.71 Å². The maximum Gasteiger partial charge on any atom is 0.295 e. The SMILES string of the molecule is CC(C)(C)C1=CCC(=[N+]=[N-])C=C1. The Balaban J connectivity index is 2.84. The first-order chi connectivity index (χ1) is 5.54. The molecule has 0 aromatic heterocycles. The van der Waals surface area contributed by atoms with Crippen molar-refractivity contribution in [2.75, 3.05) is 0 Å². The molecule has 2 heteroatoms. The summed E-state index contributed by atoms with van der Waals surface area (Å²) in [4.78, 5) is 3.15. The van der Waals surface area contributed by atoms with Crippen molar-refractivity contribution in [2.24, 2.45) is 5.41 Å². The summed E-state index contributed by atoms with van der Waals surface area (Å²) < 4.78 is 0. The summed E-state index contributed by atoms with van der Waals surface area (Å²) in [6.07, 6.45) is 6.72. The van der Waals surface area contributed by atoms with Crippen LogP contribution in [0.25, 0.3) is 5.53 Å². The fourth-order valence-electron chi connectivity index (χ4n) is 1.17. The third kappa shape index (κ3) is 1.93. The van der Waals surface area contributed by atoms with Gasteiger partial charge in [-0.1, -0.05) is 32.9 Å². The van der Waals surface area contributed by atoms with Crippen LogP contribution in [-0.2, 0) is 0 Å². The molecule has 0 atom stereocenters. The normalized spacial score (nSPS) is 17.2. The summed E-state index contributed by atoms with van der Waals surface area (Å²) in [6.45, 7) is 6.51. The van der Waals surface area contributed by atoms with Crippen LogP contribution in [0.15, 0.2) is 23.8 Å². The lowest BCUT2D eigenvalue weighted by atomic mass is 9.83. The second-order valence-electron chi connectivity index (χ2n) is 4.04. The van der Waals surface area contributed by atoms with E-state index in [1.807, 2.05) is 12.2 Å². The van der Waals surface area contributed by atoms with Crippen LogP contribution in [0.4, 0.5) is 0 Å². The van der Waals surface area contributed by atoms with Gasteiger partial charge in [0.15, 0.2) is 0 Å². The molecule has 0 saturated heterocycles. The number of rotatable bonds is 0. The van der Waals surface area contributed by atoms with Crippen LogP contribution in [0.1, 0.15) is 27.2 Å². The maximum absolute atomic E-state index is 8.49. The second kappa shape index (κ2) is 3.08. The van der Waals surface area contributed by atoms with Gasteiger partial charge >= 0.3 is 0 Å². The number of nitrogens with zero attached hydrogens (tertiary/aromatic N) is 2. The zero-order chi connectivity index (χ0) is 9.19. The van der Waals surface area contributed by atoms with Gasteiger partial charge in [-0.2, -0.15) is 4.79 Å². The molecule has 0 aliphatic heterocycles. The highest BCUT2D eigenvalue weighted by atomic mass is 14.8. The fourth-order valence-corrected chi connectivity index (χ4v) is 1.17. The van der Waals surface area contributed by atoms with Crippen LogP contribution in [0.5, 0.6) is 0 Å². The first kappa shape index (κ1) is 8.95. The van der Waals surface area contributed by atoms with Crippen LogP contribution < -0.4 is 0 Å². The lowest BCUT2D eigenvalue weighted by molar-refractivity contribution is -0.00543. The van der Waals surface area contributed by atoms with E-state index in [0.29, 0.717) is 0 Å². The fraction of sp³-hybridized carbons (Fsp3) is 0.500. The quantitative estimate of drug-likeness (QED) is 0.388. The van der Waals surface area contributed by atoms with Crippen LogP contribution in [-0.4, -0.2) is 10.5 Å². The highest BCUT2D eigenvalue weighted by Gasteiger charge is 2.18. The predicted molar refractivity (Wildman–Crippen MR) is 49.9 cm³/mol. The van der Waals surface area contributed by atoms with E-state index in [9.17, 15) is 0 Å². The molecule has 12 heavy (non-hydrogen) atoms. The van der Waals surface area contributed by atoms with Crippen molar-refractivity contribution < 1.29 is 4.79 Å². The average Bonchev–Trinajstić information content (AvgIpc) is 2.03. The Kier molecular flexibility index (Phi) is 2.30. The lowest BCUT2D eigenvalue weighted by Crippen LogP contribution is -2.11. The molecular formula is C10H14N2. The van der Waals surface area contributed by atoms with E-state index in [4.69, 9.17) is 5.53 Å². The van der Waals surface area contributed by atoms with E-state index >= 15 is 0 Å². The zero-order valence-electron chi connectivity index (χ0n) is 7.83. The Labute approximate surface area is 73.2 Å². The molecule has 0 fully saturated rings. The van der Waals surface area contributed by atoms with Gasteiger partial charge in [-0.15, -0.1) is 0 Å². The van der Waals surface area contributed by atoms with Gasteiger partial charge in [-0.25, -0.2) is 0 Å². The van der Waals surface area contributed by atoms with Crippen LogP contribution in [0, 0.1) is 5.41 Å². The van der Waals surface area contributed by atoms with E-state index in [2.05, 4.69) is 31.6 Å². The molecule has 0 aromatic rings. The molecule has 1 aliphatic carbocycles. The Morgan fingerprint density at radius 2 is 2.00 bits per heavy atom. The minimum Gasteiger partial charge on any atom is -0.361 e. The topological polar surface area (TPSA) is 36.4 Å². The van der Waals surface area contributed by atoms with E-state index < -0.39 is 0 Å². The van der Waals surface area contributed by atoms with E-state index in [1.165, 1.54) is 5.57 Å². The molecule has 0 saturated carbocycles. The maximum atomic E-state index is 8.49. The van der Waals surface area contributed by atoms with E-state index in [0.717, 1.165) is 12.1 Å². The predicted octanol–water partition coefficient (Wildman–Crippen LogP) is 2.59. The van der Waals surface area contributed by atoms with Gasteiger partial charge in [0.25, 0.3) is 5.71 Å². The third-order valence-corrected chi connectivity index (χ3v) is 1.98. The molecule has 0 spiro atoms. The van der Waals surface area contributed by atoms with Gasteiger partial charge in [0, 0.05) is 6.08 Å². The van der Waals surface area contributed by atoms with Crippen LogP contribution >= 0.6 is 0 Å². The second-order valence-corrected chi connectivity index (χ2v) is 4.04. The van der Waals surface area contributed by atoms with E-state index in [1.54, 1.807) is 0 Å². The Morgan fingerprint density at radius 3 is 2.33 bits per heavy atom. The number of allylic oxidation sites excluding steroid dienone is 4. The first-order valence-corrected chi connectivity index (χ1v) is 4.13. The van der Waals surface area contributed by atoms with Crippen molar-refractivity contribution in [3.05, 3.63) is 29.3 Å². The Hall–Kier alpha value is -1.14. The highest BCUT2D eigenvalue weighted by molar-refractivity contribution is 5.93. The van der Waals surface area contributed by atoms with Crippen molar-refractivity contribution in [3.63, 3.8) is 0 Å². The molecule has 1 rings (SSSR count). The minimum atomic E-state index is 0.192. The van der Waals surface area contributed by atoms with E-state index in [-0.39, 0.29) is 5.41 Å². The molecular weight excluding hydrogens is 148 g/mol. The Morgan fingerprint density at radius 1 is 1.33 bits per heavy atom. The molecule has 2 nitrogen and oxygen atoms in total. The van der Waals surface area contributed by atoms with Crippen LogP contribution in [0.2, 0.25) is 0 Å². The summed E-state index contributed by atoms with van der Waals surface area (Å²) in [5, 5.41) is 0. The summed E-state index contributed by atoms with van der Waals surface area (Å²) in [6, 6.07) is 0. The van der Waals surface area contributed by atoms with Gasteiger partial charge in [-0.3, -0.25) is 0 Å². The van der Waals surface area contributed by atoms with Crippen LogP contribution in [0.3, 0.4) is 0 Å². The van der Waals surface area contributed by atoms with Crippen molar-refractivity contribution in [2.45, 2.75) is 27.2 Å². The largest absolute Gasteiger partial charge is 0.361 e. The molecule has 0 unspecified atom stereocenters. The number of hydrogen-bond donors (Lipinski definition) is 0. The number of hydrogen-bond acceptors (Lipinski definition) is 0. The first-order valence-electron chi connectivity index (χ1n) is 4.13. The molecule has 64 valence electrons. The molecule has 0 bridgehead atoms. The van der Waals surface area contributed by atoms with Gasteiger partial charge in [0.2, 0.25) is 0 Å². The highest BCUT2D eigenvalue weighted by Crippen LogP contribution is 2.28. The monoisotopic (exact) mass is 162 g/mol. The molecule has 0 N–H and O–H groups in total. The molecule has 0 radical (unpaired) electrons. The smallest absolute Gasteiger partial charge is 0.295 e. The molecule has 1 aliphatic rings. The Bertz CT molecular complexity index is 283. The van der Waals surface area contributed by atoms with Crippen molar-refractivity contribution in [3.8, 4) is 0 Å². The van der Waals surface area contributed by atoms with Crippen molar-refractivity contribution in [1.29, 1.82) is 0 Å².